The number of rotatable bonds is 7. The number of benzene rings is 1. The van der Waals surface area contributed by atoms with E-state index in [1.54, 1.807) is 18.5 Å². The molecule has 0 bridgehead atoms. The molecule has 6 nitrogen and oxygen atoms in total. The Balaban J connectivity index is 1.46. The largest absolute Gasteiger partial charge is 0.456 e. The summed E-state index contributed by atoms with van der Waals surface area (Å²) in [4.78, 5) is 26.7. The average molecular weight is 432 g/mol. The molecular weight excluding hydrogens is 402 g/mol. The van der Waals surface area contributed by atoms with Gasteiger partial charge in [0.2, 0.25) is 5.88 Å². The molecule has 0 radical (unpaired) electrons. The molecule has 1 fully saturated rings. The minimum absolute atomic E-state index is 0.138. The molecule has 1 aromatic carbocycles. The fourth-order valence-corrected chi connectivity index (χ4v) is 3.55. The Bertz CT molecular complexity index is 1060. The molecule has 1 aliphatic carbocycles. The fourth-order valence-electron chi connectivity index (χ4n) is 3.55. The van der Waals surface area contributed by atoms with E-state index in [9.17, 15) is 4.79 Å². The number of esters is 1. The number of hydrogen-bond acceptors (Lipinski definition) is 6. The second kappa shape index (κ2) is 9.07. The van der Waals surface area contributed by atoms with Crippen molar-refractivity contribution in [2.24, 2.45) is 5.92 Å². The summed E-state index contributed by atoms with van der Waals surface area (Å²) in [6, 6.07) is 14.9. The number of pyridine rings is 1. The van der Waals surface area contributed by atoms with Crippen LogP contribution in [0, 0.1) is 5.92 Å². The fraction of sp³-hybridized carbons (Fsp3) is 0.385. The highest BCUT2D eigenvalue weighted by Gasteiger charge is 2.39. The van der Waals surface area contributed by atoms with Crippen LogP contribution in [0.2, 0.25) is 0 Å². The van der Waals surface area contributed by atoms with Gasteiger partial charge in [0.05, 0.1) is 11.6 Å². The molecule has 1 saturated carbocycles. The minimum Gasteiger partial charge on any atom is -0.456 e. The Kier molecular flexibility index (Phi) is 6.21. The second-order valence-corrected chi connectivity index (χ2v) is 9.30. The van der Waals surface area contributed by atoms with Gasteiger partial charge in [-0.15, -0.1) is 0 Å². The zero-order valence-corrected chi connectivity index (χ0v) is 19.0. The van der Waals surface area contributed by atoms with Crippen molar-refractivity contribution in [3.8, 4) is 11.6 Å². The Morgan fingerprint density at radius 1 is 1.00 bits per heavy atom. The summed E-state index contributed by atoms with van der Waals surface area (Å²) in [5.74, 6) is 1.59. The van der Waals surface area contributed by atoms with Gasteiger partial charge in [0, 0.05) is 29.4 Å². The Hall–Kier alpha value is -3.28. The van der Waals surface area contributed by atoms with E-state index in [0.29, 0.717) is 17.3 Å². The number of aromatic nitrogens is 3. The van der Waals surface area contributed by atoms with E-state index in [4.69, 9.17) is 9.47 Å². The highest BCUT2D eigenvalue weighted by Crippen LogP contribution is 2.43. The van der Waals surface area contributed by atoms with Crippen LogP contribution in [0.1, 0.15) is 69.6 Å². The molecule has 2 heterocycles. The molecule has 0 spiro atoms. The van der Waals surface area contributed by atoms with E-state index >= 15 is 0 Å². The van der Waals surface area contributed by atoms with Gasteiger partial charge in [-0.05, 0) is 43.9 Å². The number of hydrogen-bond donors (Lipinski definition) is 0. The van der Waals surface area contributed by atoms with Gasteiger partial charge in [0.15, 0.2) is 0 Å². The van der Waals surface area contributed by atoms with Gasteiger partial charge in [-0.3, -0.25) is 4.79 Å². The SMILES string of the molecule is CC(OC(=O)C(c1cnc(C(C)(C)C)nc1)C1CC1)c1cccc(Oc2ccccc2)n1. The Morgan fingerprint density at radius 2 is 1.69 bits per heavy atom. The molecule has 0 amide bonds. The predicted octanol–water partition coefficient (Wildman–Crippen LogP) is 5.76. The zero-order chi connectivity index (χ0) is 22.7. The smallest absolute Gasteiger partial charge is 0.314 e. The average Bonchev–Trinajstić information content (AvgIpc) is 3.59. The molecule has 166 valence electrons. The summed E-state index contributed by atoms with van der Waals surface area (Å²) in [7, 11) is 0. The summed E-state index contributed by atoms with van der Waals surface area (Å²) in [5, 5.41) is 0. The molecule has 2 unspecified atom stereocenters. The standard InChI is InChI=1S/C26H29N3O3/c1-17(21-11-8-12-22(29-21)32-20-9-6-5-7-10-20)31-24(30)23(18-13-14-18)19-15-27-25(28-16-19)26(2,3)4/h5-12,15-18,23H,13-14H2,1-4H3. The number of nitrogens with zero attached hydrogens (tertiary/aromatic N) is 3. The maximum atomic E-state index is 13.1. The first-order chi connectivity index (χ1) is 15.3. The van der Waals surface area contributed by atoms with Crippen molar-refractivity contribution in [3.05, 3.63) is 78.0 Å². The molecule has 0 aliphatic heterocycles. The summed E-state index contributed by atoms with van der Waals surface area (Å²) >= 11 is 0. The molecule has 0 saturated heterocycles. The van der Waals surface area contributed by atoms with E-state index in [2.05, 4.69) is 35.7 Å². The highest BCUT2D eigenvalue weighted by atomic mass is 16.5. The van der Waals surface area contributed by atoms with Gasteiger partial charge in [-0.25, -0.2) is 15.0 Å². The third-order valence-electron chi connectivity index (χ3n) is 5.47. The summed E-state index contributed by atoms with van der Waals surface area (Å²) in [6.45, 7) is 8.03. The summed E-state index contributed by atoms with van der Waals surface area (Å²) in [6.07, 6.45) is 5.06. The van der Waals surface area contributed by atoms with E-state index in [0.717, 1.165) is 24.2 Å². The molecule has 2 atom stereocenters. The number of carbonyl (C=O) groups is 1. The lowest BCUT2D eigenvalue weighted by Crippen LogP contribution is -2.22. The first-order valence-electron chi connectivity index (χ1n) is 11.0. The minimum atomic E-state index is -0.502. The third-order valence-corrected chi connectivity index (χ3v) is 5.47. The maximum absolute atomic E-state index is 13.1. The topological polar surface area (TPSA) is 74.2 Å². The van der Waals surface area contributed by atoms with Crippen LogP contribution in [0.4, 0.5) is 0 Å². The van der Waals surface area contributed by atoms with Crippen LogP contribution in [-0.2, 0) is 14.9 Å². The van der Waals surface area contributed by atoms with Crippen molar-refractivity contribution in [1.29, 1.82) is 0 Å². The third kappa shape index (κ3) is 5.31. The molecule has 6 heteroatoms. The summed E-state index contributed by atoms with van der Waals surface area (Å²) in [5.41, 5.74) is 1.31. The van der Waals surface area contributed by atoms with Crippen molar-refractivity contribution < 1.29 is 14.3 Å². The van der Waals surface area contributed by atoms with Crippen LogP contribution in [0.3, 0.4) is 0 Å². The molecule has 4 rings (SSSR count). The normalized spacial score (nSPS) is 15.6. The molecule has 0 N–H and O–H groups in total. The van der Waals surface area contributed by atoms with E-state index in [1.807, 2.05) is 49.4 Å². The molecule has 3 aromatic rings. The van der Waals surface area contributed by atoms with Gasteiger partial charge >= 0.3 is 5.97 Å². The van der Waals surface area contributed by atoms with Crippen LogP contribution in [0.25, 0.3) is 0 Å². The number of ether oxygens (including phenoxy) is 2. The van der Waals surface area contributed by atoms with Crippen LogP contribution < -0.4 is 4.74 Å². The molecule has 2 aromatic heterocycles. The maximum Gasteiger partial charge on any atom is 0.314 e. The van der Waals surface area contributed by atoms with E-state index in [-0.39, 0.29) is 23.2 Å². The van der Waals surface area contributed by atoms with Crippen molar-refractivity contribution in [2.45, 2.75) is 58.0 Å². The van der Waals surface area contributed by atoms with Crippen molar-refractivity contribution in [3.63, 3.8) is 0 Å². The van der Waals surface area contributed by atoms with Crippen LogP contribution in [0.15, 0.2) is 60.9 Å². The van der Waals surface area contributed by atoms with Gasteiger partial charge < -0.3 is 9.47 Å². The van der Waals surface area contributed by atoms with Gasteiger partial charge in [0.25, 0.3) is 0 Å². The summed E-state index contributed by atoms with van der Waals surface area (Å²) < 4.78 is 11.7. The Morgan fingerprint density at radius 3 is 2.31 bits per heavy atom. The zero-order valence-electron chi connectivity index (χ0n) is 19.0. The van der Waals surface area contributed by atoms with Crippen LogP contribution in [0.5, 0.6) is 11.6 Å². The van der Waals surface area contributed by atoms with Crippen LogP contribution in [-0.4, -0.2) is 20.9 Å². The molecule has 32 heavy (non-hydrogen) atoms. The molecule has 1 aliphatic rings. The number of carbonyl (C=O) groups excluding carboxylic acids is 1. The van der Waals surface area contributed by atoms with Gasteiger partial charge in [-0.1, -0.05) is 45.0 Å². The quantitative estimate of drug-likeness (QED) is 0.443. The lowest BCUT2D eigenvalue weighted by Gasteiger charge is -2.21. The molecular formula is C26H29N3O3. The van der Waals surface area contributed by atoms with Gasteiger partial charge in [0.1, 0.15) is 17.7 Å². The van der Waals surface area contributed by atoms with Crippen molar-refractivity contribution in [2.75, 3.05) is 0 Å². The number of para-hydroxylation sites is 1. The first-order valence-corrected chi connectivity index (χ1v) is 11.0. The highest BCUT2D eigenvalue weighted by molar-refractivity contribution is 5.79. The van der Waals surface area contributed by atoms with E-state index in [1.165, 1.54) is 0 Å². The van der Waals surface area contributed by atoms with Crippen LogP contribution >= 0.6 is 0 Å². The lowest BCUT2D eigenvalue weighted by molar-refractivity contribution is -0.151. The van der Waals surface area contributed by atoms with E-state index < -0.39 is 6.10 Å². The first kappa shape index (κ1) is 21.9. The Labute approximate surface area is 189 Å². The van der Waals surface area contributed by atoms with Crippen molar-refractivity contribution in [1.82, 2.24) is 15.0 Å². The monoisotopic (exact) mass is 431 g/mol. The predicted molar refractivity (Wildman–Crippen MR) is 121 cm³/mol. The van der Waals surface area contributed by atoms with Gasteiger partial charge in [-0.2, -0.15) is 0 Å². The van der Waals surface area contributed by atoms with Crippen molar-refractivity contribution >= 4 is 5.97 Å². The lowest BCUT2D eigenvalue weighted by atomic mass is 9.94. The second-order valence-electron chi connectivity index (χ2n) is 9.30.